The molecule has 4 atom stereocenters. The van der Waals surface area contributed by atoms with E-state index in [-0.39, 0.29) is 56.6 Å². The summed E-state index contributed by atoms with van der Waals surface area (Å²) < 4.78 is 32.1. The van der Waals surface area contributed by atoms with Gasteiger partial charge in [0.25, 0.3) is 0 Å². The third-order valence-electron chi connectivity index (χ3n) is 5.64. The summed E-state index contributed by atoms with van der Waals surface area (Å²) in [6.07, 6.45) is -5.91. The van der Waals surface area contributed by atoms with Gasteiger partial charge in [0.15, 0.2) is 35.1 Å². The summed E-state index contributed by atoms with van der Waals surface area (Å²) in [6, 6.07) is 2.42. The van der Waals surface area contributed by atoms with Gasteiger partial charge in [-0.3, -0.25) is 0 Å². The Kier molecular flexibility index (Phi) is 4.83. The molecule has 0 unspecified atom stereocenters. The maximum atomic E-state index is 12.9. The second-order valence-electron chi connectivity index (χ2n) is 7.48. The average molecular weight is 462 g/mol. The lowest BCUT2D eigenvalue weighted by molar-refractivity contribution is -0.247. The molecule has 1 saturated heterocycles. The van der Waals surface area contributed by atoms with Gasteiger partial charge >= 0.3 is 11.3 Å². The van der Waals surface area contributed by atoms with E-state index in [4.69, 9.17) is 27.8 Å². The Morgan fingerprint density at radius 3 is 2.06 bits per heavy atom. The first-order valence-electron chi connectivity index (χ1n) is 9.72. The number of benzene rings is 2. The van der Waals surface area contributed by atoms with E-state index in [2.05, 4.69) is 0 Å². The van der Waals surface area contributed by atoms with Gasteiger partial charge in [-0.1, -0.05) is 0 Å². The van der Waals surface area contributed by atoms with Gasteiger partial charge in [0, 0.05) is 10.8 Å². The molecule has 4 aromatic rings. The van der Waals surface area contributed by atoms with Crippen molar-refractivity contribution >= 4 is 32.7 Å². The maximum absolute atomic E-state index is 12.9. The van der Waals surface area contributed by atoms with Crippen LogP contribution in [0.15, 0.2) is 30.6 Å². The van der Waals surface area contributed by atoms with Crippen LogP contribution < -0.4 is 25.5 Å². The van der Waals surface area contributed by atoms with Crippen LogP contribution in [0.5, 0.6) is 23.0 Å². The molecule has 12 heteroatoms. The molecule has 5 rings (SSSR count). The van der Waals surface area contributed by atoms with Crippen LogP contribution in [0.1, 0.15) is 0 Å². The van der Waals surface area contributed by atoms with Crippen molar-refractivity contribution in [2.24, 2.45) is 0 Å². The first-order chi connectivity index (χ1) is 15.8. The largest absolute Gasteiger partial charge is 0.504 e. The Balaban J connectivity index is 1.81. The van der Waals surface area contributed by atoms with Crippen molar-refractivity contribution < 1.29 is 48.2 Å². The fourth-order valence-electron chi connectivity index (χ4n) is 4.08. The van der Waals surface area contributed by atoms with Gasteiger partial charge in [0.1, 0.15) is 12.2 Å². The number of aromatic hydroxyl groups is 1. The number of ether oxygens (including phenoxy) is 4. The predicted molar refractivity (Wildman–Crippen MR) is 110 cm³/mol. The number of rotatable bonds is 4. The monoisotopic (exact) mass is 462 g/mol. The number of aliphatic hydroxyl groups is 3. The van der Waals surface area contributed by atoms with Crippen molar-refractivity contribution in [2.45, 2.75) is 24.6 Å². The summed E-state index contributed by atoms with van der Waals surface area (Å²) in [5.41, 5.74) is -1.99. The zero-order valence-corrected chi connectivity index (χ0v) is 17.2. The second kappa shape index (κ2) is 7.49. The summed E-state index contributed by atoms with van der Waals surface area (Å²) in [5.74, 6) is -0.734. The van der Waals surface area contributed by atoms with Gasteiger partial charge in [-0.05, 0) is 12.1 Å². The van der Waals surface area contributed by atoms with Crippen LogP contribution >= 0.6 is 0 Å². The highest BCUT2D eigenvalue weighted by atomic mass is 16.6. The van der Waals surface area contributed by atoms with E-state index >= 15 is 0 Å². The normalized spacial score (nSPS) is 23.4. The molecule has 33 heavy (non-hydrogen) atoms. The van der Waals surface area contributed by atoms with E-state index in [1.54, 1.807) is 0 Å². The summed E-state index contributed by atoms with van der Waals surface area (Å²) in [7, 11) is 2.55. The highest BCUT2D eigenvalue weighted by Gasteiger charge is 2.39. The zero-order chi connectivity index (χ0) is 23.6. The van der Waals surface area contributed by atoms with E-state index in [0.717, 1.165) is 6.07 Å². The molecule has 1 fully saturated rings. The molecule has 0 radical (unpaired) electrons. The predicted octanol–water partition coefficient (Wildman–Crippen LogP) is 0.0310. The van der Waals surface area contributed by atoms with Crippen molar-refractivity contribution in [3.63, 3.8) is 0 Å². The fraction of sp³-hybridized carbons (Fsp3) is 0.333. The van der Waals surface area contributed by atoms with Crippen molar-refractivity contribution in [1.82, 2.24) is 0 Å². The lowest BCUT2D eigenvalue weighted by atomic mass is 10.0. The quantitative estimate of drug-likeness (QED) is 0.237. The molecule has 0 amide bonds. The van der Waals surface area contributed by atoms with Crippen molar-refractivity contribution in [3.05, 3.63) is 33.0 Å². The summed E-state index contributed by atoms with van der Waals surface area (Å²) >= 11 is 0. The SMILES string of the molecule is COc1c(O)cc2c(=O)oc3c(OC)c(O[C@@H]4CO[C@H](O)[C@H](O)[C@H]4O)cc4c(=O)oc1c2c34. The van der Waals surface area contributed by atoms with Crippen LogP contribution in [0.2, 0.25) is 0 Å². The van der Waals surface area contributed by atoms with Gasteiger partial charge in [-0.15, -0.1) is 0 Å². The number of aliphatic hydroxyl groups excluding tert-OH is 3. The molecule has 174 valence electrons. The molecule has 12 nitrogen and oxygen atoms in total. The van der Waals surface area contributed by atoms with Crippen LogP contribution in [0.3, 0.4) is 0 Å². The van der Waals surface area contributed by atoms with E-state index in [9.17, 15) is 30.0 Å². The first-order valence-corrected chi connectivity index (χ1v) is 9.72. The fourth-order valence-corrected chi connectivity index (χ4v) is 4.08. The number of methoxy groups -OCH3 is 2. The van der Waals surface area contributed by atoms with E-state index in [1.807, 2.05) is 0 Å². The van der Waals surface area contributed by atoms with Crippen LogP contribution in [-0.2, 0) is 4.74 Å². The highest BCUT2D eigenvalue weighted by molar-refractivity contribution is 6.22. The van der Waals surface area contributed by atoms with Crippen molar-refractivity contribution in [3.8, 4) is 23.0 Å². The number of phenolic OH excluding ortho intramolecular Hbond substituents is 1. The third kappa shape index (κ3) is 2.99. The maximum Gasteiger partial charge on any atom is 0.344 e. The Hall–Kier alpha value is -3.58. The third-order valence-corrected chi connectivity index (χ3v) is 5.64. The lowest BCUT2D eigenvalue weighted by Gasteiger charge is -2.35. The Labute approximate surface area is 183 Å². The van der Waals surface area contributed by atoms with E-state index in [1.165, 1.54) is 20.3 Å². The summed E-state index contributed by atoms with van der Waals surface area (Å²) in [6.45, 7) is -0.289. The molecule has 2 aromatic carbocycles. The van der Waals surface area contributed by atoms with Crippen LogP contribution in [0.4, 0.5) is 0 Å². The Morgan fingerprint density at radius 1 is 0.879 bits per heavy atom. The minimum atomic E-state index is -1.64. The molecule has 3 heterocycles. The molecule has 0 bridgehead atoms. The standard InChI is InChI=1S/C21H18O12/c1-28-15-8(22)3-6-11-12-7(20(26)32-17(11)15)4-9(16(29-2)18(12)33-19(6)25)31-10-5-30-21(27)14(24)13(10)23/h3-4,10,13-14,21-24,27H,5H2,1-2H3/t10-,13+,14-,21+/m1/s1. The number of hydrogen-bond acceptors (Lipinski definition) is 12. The smallest absolute Gasteiger partial charge is 0.344 e. The topological polar surface area (TPSA) is 178 Å². The minimum absolute atomic E-state index is 0.0402. The molecule has 1 aliphatic rings. The van der Waals surface area contributed by atoms with Gasteiger partial charge in [0.05, 0.1) is 31.6 Å². The van der Waals surface area contributed by atoms with E-state index < -0.39 is 41.6 Å². The highest BCUT2D eigenvalue weighted by Crippen LogP contribution is 2.45. The molecular formula is C21H18O12. The van der Waals surface area contributed by atoms with Gasteiger partial charge in [0.2, 0.25) is 11.5 Å². The van der Waals surface area contributed by atoms with Gasteiger partial charge < -0.3 is 48.2 Å². The van der Waals surface area contributed by atoms with Gasteiger partial charge in [-0.25, -0.2) is 9.59 Å². The minimum Gasteiger partial charge on any atom is -0.504 e. The molecule has 2 aromatic heterocycles. The van der Waals surface area contributed by atoms with Crippen molar-refractivity contribution in [1.29, 1.82) is 0 Å². The average Bonchev–Trinajstić information content (AvgIpc) is 2.78. The molecule has 1 aliphatic heterocycles. The van der Waals surface area contributed by atoms with Gasteiger partial charge in [-0.2, -0.15) is 0 Å². The van der Waals surface area contributed by atoms with E-state index in [0.29, 0.717) is 0 Å². The Bertz CT molecular complexity index is 1480. The van der Waals surface area contributed by atoms with Crippen molar-refractivity contribution in [2.75, 3.05) is 20.8 Å². The molecular weight excluding hydrogens is 444 g/mol. The second-order valence-corrected chi connectivity index (χ2v) is 7.48. The first kappa shape index (κ1) is 21.3. The number of hydrogen-bond donors (Lipinski definition) is 4. The number of phenols is 1. The Morgan fingerprint density at radius 2 is 1.45 bits per heavy atom. The van der Waals surface area contributed by atoms with Crippen LogP contribution in [0, 0.1) is 0 Å². The molecule has 4 N–H and O–H groups in total. The molecule has 0 spiro atoms. The summed E-state index contributed by atoms with van der Waals surface area (Å²) in [5, 5.41) is 40.1. The zero-order valence-electron chi connectivity index (χ0n) is 17.2. The molecule has 0 saturated carbocycles. The van der Waals surface area contributed by atoms with Crippen LogP contribution in [-0.4, -0.2) is 65.9 Å². The molecule has 0 aliphatic carbocycles. The van der Waals surface area contributed by atoms with Crippen LogP contribution in [0.25, 0.3) is 32.7 Å². The summed E-state index contributed by atoms with van der Waals surface area (Å²) in [4.78, 5) is 25.6. The lowest BCUT2D eigenvalue weighted by Crippen LogP contribution is -2.54.